The molecule has 0 unspecified atom stereocenters. The predicted octanol–water partition coefficient (Wildman–Crippen LogP) is 13.4. The summed E-state index contributed by atoms with van der Waals surface area (Å²) >= 11 is 0. The van der Waals surface area contributed by atoms with E-state index in [0.29, 0.717) is 0 Å². The van der Waals surface area contributed by atoms with Crippen molar-refractivity contribution in [3.63, 3.8) is 0 Å². The number of rotatable bonds is 7. The van der Waals surface area contributed by atoms with Crippen LogP contribution in [0.5, 0.6) is 0 Å². The van der Waals surface area contributed by atoms with Gasteiger partial charge in [0, 0.05) is 22.3 Å². The van der Waals surface area contributed by atoms with Crippen LogP contribution in [0.25, 0.3) is 78.4 Å². The van der Waals surface area contributed by atoms with E-state index in [4.69, 9.17) is 9.97 Å². The average molecular weight is 669 g/mol. The van der Waals surface area contributed by atoms with Gasteiger partial charge < -0.3 is 0 Å². The Morgan fingerprint density at radius 1 is 0.250 bits per heavy atom. The summed E-state index contributed by atoms with van der Waals surface area (Å²) in [5.74, 6) is 0. The molecule has 0 aliphatic carbocycles. The highest BCUT2D eigenvalue weighted by Crippen LogP contribution is 2.39. The maximum absolute atomic E-state index is 5.12. The number of hydrogen-bond donors (Lipinski definition) is 0. The van der Waals surface area contributed by atoms with Crippen molar-refractivity contribution < 1.29 is 0 Å². The lowest BCUT2D eigenvalue weighted by Gasteiger charge is -2.18. The summed E-state index contributed by atoms with van der Waals surface area (Å²) in [6, 6.07) is 60.2. The fraction of sp³-hybridized carbons (Fsp3) is 0.0800. The molecule has 0 amide bonds. The second-order valence-electron chi connectivity index (χ2n) is 13.7. The van der Waals surface area contributed by atoms with Crippen molar-refractivity contribution in [3.8, 4) is 78.4 Å². The van der Waals surface area contributed by atoms with Crippen molar-refractivity contribution in [2.45, 2.75) is 27.7 Å². The van der Waals surface area contributed by atoms with E-state index >= 15 is 0 Å². The average Bonchev–Trinajstić information content (AvgIpc) is 3.18. The minimum Gasteiger partial charge on any atom is -0.248 e. The number of pyridine rings is 2. The number of hydrogen-bond acceptors (Lipinski definition) is 2. The smallest absolute Gasteiger partial charge is 0.0715 e. The quantitative estimate of drug-likeness (QED) is 0.169. The first-order valence-electron chi connectivity index (χ1n) is 17.9. The fourth-order valence-electron chi connectivity index (χ4n) is 7.55. The van der Waals surface area contributed by atoms with Gasteiger partial charge >= 0.3 is 0 Å². The van der Waals surface area contributed by atoms with Crippen molar-refractivity contribution in [2.75, 3.05) is 0 Å². The molecule has 2 nitrogen and oxygen atoms in total. The zero-order valence-electron chi connectivity index (χ0n) is 30.1. The first-order valence-corrected chi connectivity index (χ1v) is 17.9. The number of aromatic nitrogens is 2. The third kappa shape index (κ3) is 6.59. The van der Waals surface area contributed by atoms with Crippen LogP contribution in [0.3, 0.4) is 0 Å². The van der Waals surface area contributed by atoms with E-state index in [2.05, 4.69) is 198 Å². The highest BCUT2D eigenvalue weighted by Gasteiger charge is 2.17. The van der Waals surface area contributed by atoms with Gasteiger partial charge in [0.1, 0.15) is 0 Å². The van der Waals surface area contributed by atoms with Crippen molar-refractivity contribution in [1.82, 2.24) is 9.97 Å². The first-order chi connectivity index (χ1) is 25.4. The van der Waals surface area contributed by atoms with Crippen molar-refractivity contribution in [3.05, 3.63) is 192 Å². The summed E-state index contributed by atoms with van der Waals surface area (Å²) in [7, 11) is 0. The zero-order valence-corrected chi connectivity index (χ0v) is 30.1. The molecule has 0 radical (unpaired) electrons. The molecular formula is C50H40N2. The minimum absolute atomic E-state index is 0.976. The normalized spacial score (nSPS) is 11.1. The molecule has 0 aliphatic rings. The van der Waals surface area contributed by atoms with Gasteiger partial charge in [-0.25, -0.2) is 9.97 Å². The molecular weight excluding hydrogens is 629 g/mol. The number of nitrogens with zero attached hydrogens (tertiary/aromatic N) is 2. The summed E-state index contributed by atoms with van der Waals surface area (Å²) in [6.07, 6.45) is 0. The Balaban J connectivity index is 1.21. The molecule has 2 aromatic heterocycles. The van der Waals surface area contributed by atoms with Crippen LogP contribution in [0.15, 0.2) is 170 Å². The second-order valence-corrected chi connectivity index (χ2v) is 13.7. The molecule has 0 saturated carbocycles. The van der Waals surface area contributed by atoms with Gasteiger partial charge in [-0.05, 0) is 108 Å². The molecule has 2 heterocycles. The van der Waals surface area contributed by atoms with Gasteiger partial charge in [0.2, 0.25) is 0 Å². The topological polar surface area (TPSA) is 25.8 Å². The Kier molecular flexibility index (Phi) is 8.89. The fourth-order valence-corrected chi connectivity index (χ4v) is 7.55. The molecule has 2 heteroatoms. The van der Waals surface area contributed by atoms with Crippen molar-refractivity contribution >= 4 is 0 Å². The Morgan fingerprint density at radius 2 is 0.481 bits per heavy atom. The van der Waals surface area contributed by atoms with Gasteiger partial charge in [-0.3, -0.25) is 0 Å². The van der Waals surface area contributed by atoms with Crippen molar-refractivity contribution in [1.29, 1.82) is 0 Å². The van der Waals surface area contributed by atoms with Gasteiger partial charge in [-0.15, -0.1) is 0 Å². The maximum atomic E-state index is 5.12. The number of benzene rings is 6. The summed E-state index contributed by atoms with van der Waals surface area (Å²) < 4.78 is 0. The molecule has 6 aromatic carbocycles. The molecule has 8 aromatic rings. The SMILES string of the molecule is Cc1cc(-c2cc(C)c(-c3cc(-c4ccccc4)nc(-c4ccccc4)c3)c(C)c2)cc(C)c1-c1cc(-c2ccccc2)nc(-c2ccccc2)c1. The van der Waals surface area contributed by atoms with Crippen molar-refractivity contribution in [2.24, 2.45) is 0 Å². The maximum Gasteiger partial charge on any atom is 0.0715 e. The van der Waals surface area contributed by atoms with E-state index < -0.39 is 0 Å². The molecule has 52 heavy (non-hydrogen) atoms. The van der Waals surface area contributed by atoms with Crippen LogP contribution >= 0.6 is 0 Å². The molecule has 0 saturated heterocycles. The monoisotopic (exact) mass is 668 g/mol. The second kappa shape index (κ2) is 14.1. The van der Waals surface area contributed by atoms with Gasteiger partial charge in [-0.1, -0.05) is 146 Å². The summed E-state index contributed by atoms with van der Waals surface area (Å²) in [4.78, 5) is 10.2. The van der Waals surface area contributed by atoms with Crippen LogP contribution < -0.4 is 0 Å². The van der Waals surface area contributed by atoms with Crippen LogP contribution in [-0.2, 0) is 0 Å². The third-order valence-corrected chi connectivity index (χ3v) is 9.90. The Labute approximate surface area is 307 Å². The summed E-state index contributed by atoms with van der Waals surface area (Å²) in [5, 5.41) is 0. The molecule has 0 bridgehead atoms. The van der Waals surface area contributed by atoms with Crippen LogP contribution in [0.2, 0.25) is 0 Å². The standard InChI is InChI=1S/C50H40N2/c1-33-25-41(26-34(2)49(33)43-29-45(37-17-9-5-10-18-37)51-46(30-43)38-19-11-6-12-20-38)42-27-35(3)50(36(4)28-42)44-31-47(39-21-13-7-14-22-39)52-48(32-44)40-23-15-8-16-24-40/h5-32H,1-4H3. The molecule has 0 aliphatic heterocycles. The van der Waals surface area contributed by atoms with Gasteiger partial charge in [-0.2, -0.15) is 0 Å². The largest absolute Gasteiger partial charge is 0.248 e. The predicted molar refractivity (Wildman–Crippen MR) is 219 cm³/mol. The zero-order chi connectivity index (χ0) is 35.6. The van der Waals surface area contributed by atoms with Gasteiger partial charge in [0.25, 0.3) is 0 Å². The lowest BCUT2D eigenvalue weighted by Crippen LogP contribution is -1.97. The van der Waals surface area contributed by atoms with Crippen LogP contribution in [0, 0.1) is 27.7 Å². The Morgan fingerprint density at radius 3 is 0.712 bits per heavy atom. The molecule has 250 valence electrons. The van der Waals surface area contributed by atoms with E-state index in [-0.39, 0.29) is 0 Å². The molecule has 8 rings (SSSR count). The van der Waals surface area contributed by atoms with E-state index in [9.17, 15) is 0 Å². The number of aryl methyl sites for hydroxylation is 4. The first kappa shape index (κ1) is 32.8. The third-order valence-electron chi connectivity index (χ3n) is 9.90. The Bertz CT molecular complexity index is 2180. The summed E-state index contributed by atoms with van der Waals surface area (Å²) in [6.45, 7) is 8.94. The molecule has 0 spiro atoms. The van der Waals surface area contributed by atoms with Crippen LogP contribution in [0.4, 0.5) is 0 Å². The lowest BCUT2D eigenvalue weighted by atomic mass is 9.87. The van der Waals surface area contributed by atoms with Crippen LogP contribution in [0.1, 0.15) is 22.3 Å². The lowest BCUT2D eigenvalue weighted by molar-refractivity contribution is 1.30. The van der Waals surface area contributed by atoms with Gasteiger partial charge in [0.05, 0.1) is 22.8 Å². The summed E-state index contributed by atoms with van der Waals surface area (Å²) in [5.41, 5.74) is 20.6. The Hall–Kier alpha value is -6.38. The molecule has 0 atom stereocenters. The minimum atomic E-state index is 0.976. The highest BCUT2D eigenvalue weighted by atomic mass is 14.7. The van der Waals surface area contributed by atoms with E-state index in [1.54, 1.807) is 0 Å². The highest BCUT2D eigenvalue weighted by molar-refractivity contribution is 5.85. The molecule has 0 N–H and O–H groups in total. The molecule has 0 fully saturated rings. The van der Waals surface area contributed by atoms with E-state index in [1.807, 2.05) is 0 Å². The van der Waals surface area contributed by atoms with E-state index in [1.165, 1.54) is 55.6 Å². The van der Waals surface area contributed by atoms with E-state index in [0.717, 1.165) is 45.0 Å². The van der Waals surface area contributed by atoms with Gasteiger partial charge in [0.15, 0.2) is 0 Å². The van der Waals surface area contributed by atoms with Crippen LogP contribution in [-0.4, -0.2) is 9.97 Å².